The molecule has 0 unspecified atom stereocenters. The fraction of sp³-hybridized carbons (Fsp3) is 0.844. The Morgan fingerprint density at radius 1 is 0.684 bits per heavy atom. The minimum Gasteiger partial charge on any atom is -0.328 e. The van der Waals surface area contributed by atoms with E-state index in [4.69, 9.17) is 0 Å². The number of rotatable bonds is 22. The van der Waals surface area contributed by atoms with Gasteiger partial charge in [0, 0.05) is 20.6 Å². The van der Waals surface area contributed by atoms with Crippen LogP contribution in [0.15, 0.2) is 15.9 Å². The first kappa shape index (κ1) is 32.4. The summed E-state index contributed by atoms with van der Waals surface area (Å²) >= 11 is 0. The van der Waals surface area contributed by atoms with E-state index < -0.39 is 0 Å². The van der Waals surface area contributed by atoms with Gasteiger partial charge in [-0.1, -0.05) is 130 Å². The molecule has 0 saturated carbocycles. The number of fused-ring (bicyclic) bond motifs is 1. The Labute approximate surface area is 232 Å². The van der Waals surface area contributed by atoms with Gasteiger partial charge in [0.2, 0.25) is 0 Å². The maximum absolute atomic E-state index is 12.8. The molecule has 0 atom stereocenters. The molecule has 0 bridgehead atoms. The summed E-state index contributed by atoms with van der Waals surface area (Å²) in [5.41, 5.74) is 0.975. The molecule has 0 spiro atoms. The molecule has 2 aromatic heterocycles. The largest absolute Gasteiger partial charge is 0.332 e. The van der Waals surface area contributed by atoms with E-state index in [9.17, 15) is 9.59 Å². The van der Waals surface area contributed by atoms with Gasteiger partial charge in [-0.25, -0.2) is 9.78 Å². The average molecular weight is 531 g/mol. The Hall–Kier alpha value is -1.85. The maximum atomic E-state index is 12.8. The lowest BCUT2D eigenvalue weighted by Gasteiger charge is -2.24. The average Bonchev–Trinajstić information content (AvgIpc) is 3.28. The molecule has 218 valence electrons. The van der Waals surface area contributed by atoms with Crippen molar-refractivity contribution in [3.05, 3.63) is 27.2 Å². The van der Waals surface area contributed by atoms with Crippen molar-refractivity contribution >= 4 is 11.2 Å². The molecule has 0 aliphatic carbocycles. The number of aromatic nitrogens is 4. The fourth-order valence-corrected chi connectivity index (χ4v) is 5.74. The summed E-state index contributed by atoms with van der Waals surface area (Å²) in [7, 11) is 3.48. The third kappa shape index (κ3) is 11.1. The Balaban J connectivity index is 1.46. The third-order valence-corrected chi connectivity index (χ3v) is 8.39. The molecule has 38 heavy (non-hydrogen) atoms. The number of aryl methyl sites for hydroxylation is 2. The highest BCUT2D eigenvalue weighted by Crippen LogP contribution is 2.30. The predicted octanol–water partition coefficient (Wildman–Crippen LogP) is 8.28. The van der Waals surface area contributed by atoms with Crippen molar-refractivity contribution in [3.8, 4) is 0 Å². The van der Waals surface area contributed by atoms with E-state index >= 15 is 0 Å². The van der Waals surface area contributed by atoms with E-state index in [0.717, 1.165) is 12.8 Å². The molecule has 0 aliphatic rings. The molecule has 0 radical (unpaired) electrons. The van der Waals surface area contributed by atoms with Crippen molar-refractivity contribution in [2.75, 3.05) is 0 Å². The standard InChI is InChI=1S/C32H58N4O2/c1-6-7-8-9-10-12-15-18-21-24-32(2,3)25-22-19-16-13-11-14-17-20-23-26-36-30(37)28-29(33-27-34(28)4)35(5)31(36)38/h27H,6-26H2,1-5H3. The van der Waals surface area contributed by atoms with Gasteiger partial charge in [0.15, 0.2) is 11.2 Å². The summed E-state index contributed by atoms with van der Waals surface area (Å²) in [6.45, 7) is 7.71. The molecule has 0 fully saturated rings. The first-order chi connectivity index (χ1) is 18.3. The zero-order valence-electron chi connectivity index (χ0n) is 25.5. The third-order valence-electron chi connectivity index (χ3n) is 8.39. The van der Waals surface area contributed by atoms with E-state index in [1.807, 2.05) is 0 Å². The number of imidazole rings is 1. The van der Waals surface area contributed by atoms with Crippen LogP contribution in [0.1, 0.15) is 149 Å². The van der Waals surface area contributed by atoms with E-state index in [1.165, 1.54) is 125 Å². The van der Waals surface area contributed by atoms with Crippen molar-refractivity contribution in [2.45, 2.75) is 156 Å². The van der Waals surface area contributed by atoms with Crippen LogP contribution in [0, 0.1) is 5.41 Å². The zero-order chi connectivity index (χ0) is 27.8. The van der Waals surface area contributed by atoms with E-state index in [1.54, 1.807) is 25.0 Å². The van der Waals surface area contributed by atoms with Crippen LogP contribution in [0.5, 0.6) is 0 Å². The van der Waals surface area contributed by atoms with Crippen LogP contribution < -0.4 is 11.2 Å². The Morgan fingerprint density at radius 2 is 1.13 bits per heavy atom. The molecule has 2 heterocycles. The van der Waals surface area contributed by atoms with Gasteiger partial charge in [-0.2, -0.15) is 0 Å². The van der Waals surface area contributed by atoms with Gasteiger partial charge < -0.3 is 4.57 Å². The molecule has 0 aliphatic heterocycles. The SMILES string of the molecule is CCCCCCCCCCCC(C)(C)CCCCCCCCCCCn1c(=O)c2c(ncn2C)n(C)c1=O. The van der Waals surface area contributed by atoms with Crippen LogP contribution in [0.3, 0.4) is 0 Å². The first-order valence-corrected chi connectivity index (χ1v) is 15.9. The lowest BCUT2D eigenvalue weighted by molar-refractivity contribution is 0.282. The summed E-state index contributed by atoms with van der Waals surface area (Å²) in [5.74, 6) is 0. The Kier molecular flexibility index (Phi) is 15.1. The van der Waals surface area contributed by atoms with Crippen molar-refractivity contribution < 1.29 is 0 Å². The number of nitrogens with zero attached hydrogens (tertiary/aromatic N) is 4. The molecular weight excluding hydrogens is 472 g/mol. The molecule has 0 N–H and O–H groups in total. The van der Waals surface area contributed by atoms with E-state index in [2.05, 4.69) is 25.8 Å². The highest BCUT2D eigenvalue weighted by Gasteiger charge is 2.17. The van der Waals surface area contributed by atoms with Crippen LogP contribution in [0.25, 0.3) is 11.2 Å². The molecule has 0 aromatic carbocycles. The van der Waals surface area contributed by atoms with Crippen molar-refractivity contribution in [3.63, 3.8) is 0 Å². The highest BCUT2D eigenvalue weighted by atomic mass is 16.2. The normalized spacial score (nSPS) is 12.1. The summed E-state index contributed by atoms with van der Waals surface area (Å²) in [4.78, 5) is 29.5. The highest BCUT2D eigenvalue weighted by molar-refractivity contribution is 5.69. The minimum atomic E-state index is -0.266. The van der Waals surface area contributed by atoms with Crippen LogP contribution in [0.4, 0.5) is 0 Å². The summed E-state index contributed by atoms with van der Waals surface area (Å²) in [6.07, 6.45) is 28.2. The van der Waals surface area contributed by atoms with Gasteiger partial charge >= 0.3 is 5.69 Å². The van der Waals surface area contributed by atoms with E-state index in [0.29, 0.717) is 23.1 Å². The maximum Gasteiger partial charge on any atom is 0.332 e. The number of hydrogen-bond acceptors (Lipinski definition) is 3. The summed E-state index contributed by atoms with van der Waals surface area (Å²) in [5, 5.41) is 0. The second-order valence-electron chi connectivity index (χ2n) is 12.5. The molecule has 0 amide bonds. The van der Waals surface area contributed by atoms with Crippen molar-refractivity contribution in [1.82, 2.24) is 18.7 Å². The lowest BCUT2D eigenvalue weighted by atomic mass is 9.82. The smallest absolute Gasteiger partial charge is 0.328 e. The minimum absolute atomic E-state index is 0.223. The lowest BCUT2D eigenvalue weighted by Crippen LogP contribution is -2.39. The second-order valence-corrected chi connectivity index (χ2v) is 12.5. The van der Waals surface area contributed by atoms with Gasteiger partial charge in [-0.3, -0.25) is 13.9 Å². The van der Waals surface area contributed by atoms with Gasteiger partial charge in [0.1, 0.15) is 0 Å². The molecule has 2 rings (SSSR count). The van der Waals surface area contributed by atoms with E-state index in [-0.39, 0.29) is 11.2 Å². The number of unbranched alkanes of at least 4 members (excludes halogenated alkanes) is 16. The zero-order valence-corrected chi connectivity index (χ0v) is 25.5. The van der Waals surface area contributed by atoms with Crippen LogP contribution in [-0.4, -0.2) is 18.7 Å². The molecule has 2 aromatic rings. The van der Waals surface area contributed by atoms with Gasteiger partial charge in [0.05, 0.1) is 6.33 Å². The van der Waals surface area contributed by atoms with Crippen molar-refractivity contribution in [2.24, 2.45) is 19.5 Å². The van der Waals surface area contributed by atoms with Crippen LogP contribution in [0.2, 0.25) is 0 Å². The molecule has 6 nitrogen and oxygen atoms in total. The molecular formula is C32H58N4O2. The summed E-state index contributed by atoms with van der Waals surface area (Å²) < 4.78 is 4.56. The first-order valence-electron chi connectivity index (χ1n) is 15.9. The Bertz CT molecular complexity index is 1030. The number of hydrogen-bond donors (Lipinski definition) is 0. The monoisotopic (exact) mass is 530 g/mol. The summed E-state index contributed by atoms with van der Waals surface area (Å²) in [6, 6.07) is 0. The quantitative estimate of drug-likeness (QED) is 0.144. The molecule has 6 heteroatoms. The van der Waals surface area contributed by atoms with Crippen LogP contribution in [-0.2, 0) is 20.6 Å². The second kappa shape index (κ2) is 17.7. The fourth-order valence-electron chi connectivity index (χ4n) is 5.74. The topological polar surface area (TPSA) is 61.8 Å². The Morgan fingerprint density at radius 3 is 1.63 bits per heavy atom. The van der Waals surface area contributed by atoms with Gasteiger partial charge in [0.25, 0.3) is 5.56 Å². The predicted molar refractivity (Wildman–Crippen MR) is 162 cm³/mol. The molecule has 0 saturated heterocycles. The van der Waals surface area contributed by atoms with Crippen molar-refractivity contribution in [1.29, 1.82) is 0 Å². The van der Waals surface area contributed by atoms with Gasteiger partial charge in [-0.15, -0.1) is 0 Å². The van der Waals surface area contributed by atoms with Crippen LogP contribution >= 0.6 is 0 Å². The van der Waals surface area contributed by atoms with Gasteiger partial charge in [-0.05, 0) is 24.7 Å².